The van der Waals surface area contributed by atoms with E-state index in [1.165, 1.54) is 42.8 Å². The number of pyridine rings is 1. The van der Waals surface area contributed by atoms with Gasteiger partial charge in [0.25, 0.3) is 0 Å². The van der Waals surface area contributed by atoms with Crippen molar-refractivity contribution in [2.24, 2.45) is 0 Å². The van der Waals surface area contributed by atoms with E-state index in [0.717, 1.165) is 12.1 Å². The molecule has 1 aliphatic heterocycles. The lowest BCUT2D eigenvalue weighted by atomic mass is 9.90. The van der Waals surface area contributed by atoms with E-state index in [1.54, 1.807) is 6.07 Å². The Morgan fingerprint density at radius 3 is 2.89 bits per heavy atom. The van der Waals surface area contributed by atoms with Gasteiger partial charge in [-0.15, -0.1) is 0 Å². The Bertz CT molecular complexity index is 465. The molecular weight excluding hydrogens is 244 g/mol. The Morgan fingerprint density at radius 1 is 1.22 bits per heavy atom. The summed E-state index contributed by atoms with van der Waals surface area (Å²) in [6, 6.07) is 4.78. The van der Waals surface area contributed by atoms with Gasteiger partial charge in [-0.3, -0.25) is 4.79 Å². The fourth-order valence-corrected chi connectivity index (χ4v) is 4.13. The van der Waals surface area contributed by atoms with Crippen LogP contribution in [0, 0.1) is 0 Å². The lowest BCUT2D eigenvalue weighted by Crippen LogP contribution is -2.37. The van der Waals surface area contributed by atoms with Crippen LogP contribution in [0.15, 0.2) is 16.9 Å². The molecule has 2 aliphatic rings. The van der Waals surface area contributed by atoms with E-state index in [-0.39, 0.29) is 5.56 Å². The molecule has 0 amide bonds. The molecule has 2 N–H and O–H groups in total. The van der Waals surface area contributed by atoms with Gasteiger partial charge in [-0.2, -0.15) is 11.8 Å². The summed E-state index contributed by atoms with van der Waals surface area (Å²) < 4.78 is 0. The minimum Gasteiger partial charge on any atom is -0.326 e. The summed E-state index contributed by atoms with van der Waals surface area (Å²) in [4.78, 5) is 14.4. The number of hydrogen-bond acceptors (Lipinski definition) is 3. The maximum Gasteiger partial charge on any atom is 0.248 e. The minimum atomic E-state index is 0.0310. The Balaban J connectivity index is 1.76. The highest BCUT2D eigenvalue weighted by molar-refractivity contribution is 7.99. The molecule has 4 heteroatoms. The van der Waals surface area contributed by atoms with Crippen molar-refractivity contribution in [2.45, 2.75) is 44.2 Å². The van der Waals surface area contributed by atoms with Gasteiger partial charge in [0, 0.05) is 23.8 Å². The van der Waals surface area contributed by atoms with E-state index in [1.807, 2.05) is 6.07 Å². The maximum atomic E-state index is 11.4. The van der Waals surface area contributed by atoms with Crippen molar-refractivity contribution in [2.75, 3.05) is 11.5 Å². The molecule has 98 valence electrons. The van der Waals surface area contributed by atoms with Gasteiger partial charge in [0.2, 0.25) is 5.56 Å². The van der Waals surface area contributed by atoms with Crippen LogP contribution in [0.5, 0.6) is 0 Å². The van der Waals surface area contributed by atoms with E-state index in [4.69, 9.17) is 0 Å². The molecule has 0 spiro atoms. The molecule has 1 aromatic rings. The number of aromatic nitrogens is 1. The molecule has 1 aliphatic carbocycles. The van der Waals surface area contributed by atoms with Gasteiger partial charge in [0.05, 0.1) is 0 Å². The predicted molar refractivity (Wildman–Crippen MR) is 76.2 cm³/mol. The molecule has 0 radical (unpaired) electrons. The first kappa shape index (κ1) is 12.3. The number of thioether (sulfide) groups is 1. The number of fused-ring (bicyclic) bond motifs is 1. The Hall–Kier alpha value is -0.740. The van der Waals surface area contributed by atoms with E-state index >= 15 is 0 Å². The number of aryl methyl sites for hydroxylation is 1. The minimum absolute atomic E-state index is 0.0310. The molecule has 1 unspecified atom stereocenters. The van der Waals surface area contributed by atoms with Gasteiger partial charge in [0.15, 0.2) is 0 Å². The van der Waals surface area contributed by atoms with Gasteiger partial charge in [-0.1, -0.05) is 6.07 Å². The second-order valence-electron chi connectivity index (χ2n) is 5.25. The molecule has 3 nitrogen and oxygen atoms in total. The zero-order chi connectivity index (χ0) is 12.4. The number of rotatable bonds is 2. The van der Waals surface area contributed by atoms with Crippen molar-refractivity contribution in [1.29, 1.82) is 0 Å². The number of nitrogens with one attached hydrogen (secondary N) is 2. The first-order valence-electron chi connectivity index (χ1n) is 6.89. The molecule has 2 heterocycles. The number of aromatic amines is 1. The van der Waals surface area contributed by atoms with E-state index in [0.29, 0.717) is 12.1 Å². The predicted octanol–water partition coefficient (Wildman–Crippen LogP) is 2.24. The fraction of sp³-hybridized carbons (Fsp3) is 0.643. The maximum absolute atomic E-state index is 11.4. The molecule has 1 fully saturated rings. The van der Waals surface area contributed by atoms with Crippen LogP contribution in [0.4, 0.5) is 0 Å². The second-order valence-corrected chi connectivity index (χ2v) is 6.48. The van der Waals surface area contributed by atoms with E-state index in [2.05, 4.69) is 22.1 Å². The van der Waals surface area contributed by atoms with Crippen molar-refractivity contribution in [3.8, 4) is 0 Å². The second kappa shape index (κ2) is 5.49. The average molecular weight is 264 g/mol. The third-order valence-electron chi connectivity index (χ3n) is 3.99. The molecule has 1 atom stereocenters. The third kappa shape index (κ3) is 2.64. The van der Waals surface area contributed by atoms with Crippen molar-refractivity contribution < 1.29 is 0 Å². The smallest absolute Gasteiger partial charge is 0.248 e. The first-order chi connectivity index (χ1) is 8.83. The van der Waals surface area contributed by atoms with Crippen LogP contribution >= 0.6 is 11.8 Å². The van der Waals surface area contributed by atoms with Crippen LogP contribution in [-0.4, -0.2) is 22.5 Å². The lowest BCUT2D eigenvalue weighted by molar-refractivity contribution is 0.376. The number of H-pyrrole nitrogens is 1. The first-order valence-corrected chi connectivity index (χ1v) is 8.04. The van der Waals surface area contributed by atoms with Crippen LogP contribution in [-0.2, 0) is 6.42 Å². The summed E-state index contributed by atoms with van der Waals surface area (Å²) in [5.41, 5.74) is 2.50. The SMILES string of the molecule is O=c1ccc2c([nH]1)CCCC2NC1CCSCC1. The summed E-state index contributed by atoms with van der Waals surface area (Å²) in [7, 11) is 0. The fourth-order valence-electron chi connectivity index (χ4n) is 3.02. The molecular formula is C14H20N2OS. The van der Waals surface area contributed by atoms with Gasteiger partial charge < -0.3 is 10.3 Å². The van der Waals surface area contributed by atoms with Crippen molar-refractivity contribution in [3.63, 3.8) is 0 Å². The lowest BCUT2D eigenvalue weighted by Gasteiger charge is -2.32. The Labute approximate surface area is 112 Å². The van der Waals surface area contributed by atoms with Crippen LogP contribution in [0.25, 0.3) is 0 Å². The number of hydrogen-bond donors (Lipinski definition) is 2. The highest BCUT2D eigenvalue weighted by Gasteiger charge is 2.24. The molecule has 1 saturated heterocycles. The normalized spacial score (nSPS) is 24.8. The zero-order valence-electron chi connectivity index (χ0n) is 10.6. The highest BCUT2D eigenvalue weighted by atomic mass is 32.2. The highest BCUT2D eigenvalue weighted by Crippen LogP contribution is 2.29. The average Bonchev–Trinajstić information content (AvgIpc) is 2.40. The van der Waals surface area contributed by atoms with Crippen LogP contribution in [0.1, 0.15) is 43.0 Å². The van der Waals surface area contributed by atoms with Gasteiger partial charge in [0.1, 0.15) is 0 Å². The summed E-state index contributed by atoms with van der Waals surface area (Å²) in [5, 5.41) is 3.80. The summed E-state index contributed by atoms with van der Waals surface area (Å²) in [5.74, 6) is 2.56. The van der Waals surface area contributed by atoms with Gasteiger partial charge in [-0.05, 0) is 49.2 Å². The van der Waals surface area contributed by atoms with Gasteiger partial charge >= 0.3 is 0 Å². The quantitative estimate of drug-likeness (QED) is 0.861. The molecule has 0 saturated carbocycles. The van der Waals surface area contributed by atoms with Gasteiger partial charge in [-0.25, -0.2) is 0 Å². The van der Waals surface area contributed by atoms with Crippen molar-refractivity contribution in [1.82, 2.24) is 10.3 Å². The zero-order valence-corrected chi connectivity index (χ0v) is 11.4. The largest absolute Gasteiger partial charge is 0.326 e. The van der Waals surface area contributed by atoms with Crippen LogP contribution < -0.4 is 10.9 Å². The molecule has 3 rings (SSSR count). The molecule has 1 aromatic heterocycles. The van der Waals surface area contributed by atoms with Crippen molar-refractivity contribution >= 4 is 11.8 Å². The Kier molecular flexibility index (Phi) is 3.75. The molecule has 0 bridgehead atoms. The third-order valence-corrected chi connectivity index (χ3v) is 5.04. The summed E-state index contributed by atoms with van der Waals surface area (Å²) in [6.45, 7) is 0. The van der Waals surface area contributed by atoms with E-state index in [9.17, 15) is 4.79 Å². The molecule has 18 heavy (non-hydrogen) atoms. The van der Waals surface area contributed by atoms with Crippen molar-refractivity contribution in [3.05, 3.63) is 33.7 Å². The standard InChI is InChI=1S/C14H20N2OS/c17-14-5-4-11-12(2-1-3-13(11)16-14)15-10-6-8-18-9-7-10/h4-5,10,12,15H,1-3,6-9H2,(H,16,17). The Morgan fingerprint density at radius 2 is 2.06 bits per heavy atom. The van der Waals surface area contributed by atoms with E-state index < -0.39 is 0 Å². The monoisotopic (exact) mass is 264 g/mol. The summed E-state index contributed by atoms with van der Waals surface area (Å²) >= 11 is 2.06. The van der Waals surface area contributed by atoms with Crippen LogP contribution in [0.3, 0.4) is 0 Å². The molecule has 0 aromatic carbocycles. The topological polar surface area (TPSA) is 44.9 Å². The summed E-state index contributed by atoms with van der Waals surface area (Å²) in [6.07, 6.45) is 5.94. The van der Waals surface area contributed by atoms with Crippen LogP contribution in [0.2, 0.25) is 0 Å².